The van der Waals surface area contributed by atoms with E-state index in [1.807, 2.05) is 36.5 Å². The number of nitrogens with zero attached hydrogens (tertiary/aromatic N) is 4. The van der Waals surface area contributed by atoms with Crippen LogP contribution >= 0.6 is 15.9 Å². The lowest BCUT2D eigenvalue weighted by atomic mass is 10.1. The molecule has 0 spiro atoms. The van der Waals surface area contributed by atoms with Crippen molar-refractivity contribution in [1.82, 2.24) is 19.9 Å². The van der Waals surface area contributed by atoms with Crippen LogP contribution in [0.25, 0.3) is 11.3 Å². The Hall–Kier alpha value is -2.16. The second-order valence-corrected chi connectivity index (χ2v) is 9.65. The number of benzene rings is 1. The minimum absolute atomic E-state index is 0.0911. The van der Waals surface area contributed by atoms with Crippen molar-refractivity contribution >= 4 is 25.8 Å². The van der Waals surface area contributed by atoms with Crippen molar-refractivity contribution in [3.63, 3.8) is 0 Å². The fourth-order valence-corrected chi connectivity index (χ4v) is 4.28. The standard InChI is InChI=1S/C20H19BrN4O2S/c1-28(26,27)20-23-11-15-13-25(9-8-18(15)24-20)12-14-6-7-19(22-10-14)16-4-2-3-5-17(16)21/h2-7,10-11H,8-9,12-13H2,1H3. The molecule has 1 aliphatic rings. The highest BCUT2D eigenvalue weighted by Crippen LogP contribution is 2.26. The SMILES string of the molecule is CS(=O)(=O)c1ncc2c(n1)CCN(Cc1ccc(-c3ccccc3Br)nc1)C2. The molecule has 0 amide bonds. The van der Waals surface area contributed by atoms with Crippen LogP contribution in [-0.4, -0.2) is 41.1 Å². The molecule has 28 heavy (non-hydrogen) atoms. The fraction of sp³-hybridized carbons (Fsp3) is 0.250. The van der Waals surface area contributed by atoms with Crippen molar-refractivity contribution in [2.75, 3.05) is 12.8 Å². The molecule has 144 valence electrons. The van der Waals surface area contributed by atoms with Gasteiger partial charge in [0, 0.05) is 60.3 Å². The molecular weight excluding hydrogens is 440 g/mol. The minimum atomic E-state index is -3.38. The van der Waals surface area contributed by atoms with Gasteiger partial charge in [-0.1, -0.05) is 40.2 Å². The molecule has 0 bridgehead atoms. The number of halogens is 1. The second-order valence-electron chi connectivity index (χ2n) is 6.89. The third kappa shape index (κ3) is 4.14. The van der Waals surface area contributed by atoms with E-state index < -0.39 is 9.84 Å². The smallest absolute Gasteiger partial charge is 0.246 e. The lowest BCUT2D eigenvalue weighted by Gasteiger charge is -2.27. The third-order valence-electron chi connectivity index (χ3n) is 4.70. The molecule has 0 unspecified atom stereocenters. The molecule has 0 aliphatic carbocycles. The summed E-state index contributed by atoms with van der Waals surface area (Å²) in [6, 6.07) is 12.2. The Labute approximate surface area is 172 Å². The number of aromatic nitrogens is 3. The van der Waals surface area contributed by atoms with Crippen LogP contribution in [0, 0.1) is 0 Å². The summed E-state index contributed by atoms with van der Waals surface area (Å²) in [4.78, 5) is 15.2. The summed E-state index contributed by atoms with van der Waals surface area (Å²) in [5.74, 6) is 0. The summed E-state index contributed by atoms with van der Waals surface area (Å²) < 4.78 is 24.3. The summed E-state index contributed by atoms with van der Waals surface area (Å²) in [6.07, 6.45) is 5.39. The van der Waals surface area contributed by atoms with E-state index in [-0.39, 0.29) is 5.16 Å². The zero-order valence-electron chi connectivity index (χ0n) is 15.3. The average molecular weight is 459 g/mol. The topological polar surface area (TPSA) is 76.1 Å². The summed E-state index contributed by atoms with van der Waals surface area (Å²) in [6.45, 7) is 2.29. The molecule has 0 saturated heterocycles. The molecule has 0 fully saturated rings. The van der Waals surface area contributed by atoms with Crippen molar-refractivity contribution in [3.8, 4) is 11.3 Å². The number of fused-ring (bicyclic) bond motifs is 1. The second kappa shape index (κ2) is 7.69. The first-order valence-corrected chi connectivity index (χ1v) is 11.6. The predicted octanol–water partition coefficient (Wildman–Crippen LogP) is 3.26. The van der Waals surface area contributed by atoms with Crippen LogP contribution in [0.1, 0.15) is 16.8 Å². The highest BCUT2D eigenvalue weighted by Gasteiger charge is 2.21. The van der Waals surface area contributed by atoms with E-state index in [0.717, 1.165) is 51.9 Å². The molecule has 4 rings (SSSR count). The van der Waals surface area contributed by atoms with Gasteiger partial charge in [-0.05, 0) is 17.7 Å². The van der Waals surface area contributed by atoms with Crippen LogP contribution < -0.4 is 0 Å². The molecule has 1 aromatic carbocycles. The van der Waals surface area contributed by atoms with Gasteiger partial charge in [-0.15, -0.1) is 0 Å². The monoisotopic (exact) mass is 458 g/mol. The Balaban J connectivity index is 1.47. The van der Waals surface area contributed by atoms with Crippen LogP contribution in [0.15, 0.2) is 58.4 Å². The quantitative estimate of drug-likeness (QED) is 0.558. The highest BCUT2D eigenvalue weighted by atomic mass is 79.9. The largest absolute Gasteiger partial charge is 0.294 e. The maximum atomic E-state index is 11.6. The maximum absolute atomic E-state index is 11.6. The number of pyridine rings is 1. The molecule has 1 aliphatic heterocycles. The van der Waals surface area contributed by atoms with Gasteiger partial charge in [-0.3, -0.25) is 9.88 Å². The minimum Gasteiger partial charge on any atom is -0.294 e. The number of hydrogen-bond donors (Lipinski definition) is 0. The Morgan fingerprint density at radius 2 is 1.93 bits per heavy atom. The van der Waals surface area contributed by atoms with Crippen LogP contribution in [-0.2, 0) is 29.3 Å². The molecule has 0 atom stereocenters. The Kier molecular flexibility index (Phi) is 5.27. The molecule has 2 aromatic heterocycles. The van der Waals surface area contributed by atoms with E-state index in [4.69, 9.17) is 0 Å². The zero-order valence-corrected chi connectivity index (χ0v) is 17.7. The van der Waals surface area contributed by atoms with Gasteiger partial charge >= 0.3 is 0 Å². The molecule has 6 nitrogen and oxygen atoms in total. The molecular formula is C20H19BrN4O2S. The lowest BCUT2D eigenvalue weighted by molar-refractivity contribution is 0.242. The van der Waals surface area contributed by atoms with Gasteiger partial charge in [0.05, 0.1) is 11.4 Å². The first-order chi connectivity index (χ1) is 13.4. The third-order valence-corrected chi connectivity index (χ3v) is 6.25. The van der Waals surface area contributed by atoms with Gasteiger partial charge in [-0.2, -0.15) is 0 Å². The van der Waals surface area contributed by atoms with E-state index in [1.54, 1.807) is 6.20 Å². The number of rotatable bonds is 4. The first-order valence-electron chi connectivity index (χ1n) is 8.87. The summed E-state index contributed by atoms with van der Waals surface area (Å²) >= 11 is 3.57. The summed E-state index contributed by atoms with van der Waals surface area (Å²) in [5, 5.41) is -0.0911. The highest BCUT2D eigenvalue weighted by molar-refractivity contribution is 9.10. The van der Waals surface area contributed by atoms with Crippen molar-refractivity contribution < 1.29 is 8.42 Å². The van der Waals surface area contributed by atoms with Gasteiger partial charge in [-0.25, -0.2) is 18.4 Å². The molecule has 0 radical (unpaired) electrons. The number of sulfone groups is 1. The van der Waals surface area contributed by atoms with Crippen LogP contribution in [0.5, 0.6) is 0 Å². The molecule has 3 heterocycles. The summed E-state index contributed by atoms with van der Waals surface area (Å²) in [7, 11) is -3.38. The lowest BCUT2D eigenvalue weighted by Crippen LogP contribution is -2.31. The van der Waals surface area contributed by atoms with Crippen LogP contribution in [0.3, 0.4) is 0 Å². The van der Waals surface area contributed by atoms with Gasteiger partial charge in [0.1, 0.15) is 0 Å². The zero-order chi connectivity index (χ0) is 19.7. The van der Waals surface area contributed by atoms with Crippen LogP contribution in [0.2, 0.25) is 0 Å². The van der Waals surface area contributed by atoms with Gasteiger partial charge in [0.25, 0.3) is 0 Å². The normalized spacial score (nSPS) is 14.6. The predicted molar refractivity (Wildman–Crippen MR) is 110 cm³/mol. The summed E-state index contributed by atoms with van der Waals surface area (Å²) in [5.41, 5.74) is 4.94. The fourth-order valence-electron chi connectivity index (χ4n) is 3.27. The van der Waals surface area contributed by atoms with E-state index in [0.29, 0.717) is 13.0 Å². The van der Waals surface area contributed by atoms with Crippen molar-refractivity contribution in [1.29, 1.82) is 0 Å². The molecule has 3 aromatic rings. The Bertz CT molecular complexity index is 1120. The van der Waals surface area contributed by atoms with Crippen molar-refractivity contribution in [2.24, 2.45) is 0 Å². The molecule has 8 heteroatoms. The Morgan fingerprint density at radius 1 is 1.11 bits per heavy atom. The van der Waals surface area contributed by atoms with Crippen LogP contribution in [0.4, 0.5) is 0 Å². The Morgan fingerprint density at radius 3 is 2.64 bits per heavy atom. The van der Waals surface area contributed by atoms with E-state index in [9.17, 15) is 8.42 Å². The molecule has 0 N–H and O–H groups in total. The van der Waals surface area contributed by atoms with Gasteiger partial charge in [0.15, 0.2) is 0 Å². The first kappa shape index (κ1) is 19.2. The van der Waals surface area contributed by atoms with E-state index in [2.05, 4.69) is 41.8 Å². The number of hydrogen-bond acceptors (Lipinski definition) is 6. The maximum Gasteiger partial charge on any atom is 0.246 e. The average Bonchev–Trinajstić information content (AvgIpc) is 2.68. The van der Waals surface area contributed by atoms with E-state index in [1.165, 1.54) is 0 Å². The van der Waals surface area contributed by atoms with Crippen molar-refractivity contribution in [3.05, 3.63) is 70.1 Å². The molecule has 0 saturated carbocycles. The van der Waals surface area contributed by atoms with Gasteiger partial charge < -0.3 is 0 Å². The van der Waals surface area contributed by atoms with E-state index >= 15 is 0 Å². The van der Waals surface area contributed by atoms with Crippen molar-refractivity contribution in [2.45, 2.75) is 24.7 Å². The van der Waals surface area contributed by atoms with Gasteiger partial charge in [0.2, 0.25) is 15.0 Å².